The van der Waals surface area contributed by atoms with Gasteiger partial charge in [-0.25, -0.2) is 9.78 Å². The molecule has 0 aliphatic carbocycles. The van der Waals surface area contributed by atoms with E-state index in [9.17, 15) is 19.7 Å². The summed E-state index contributed by atoms with van der Waals surface area (Å²) in [6.45, 7) is 6.16. The van der Waals surface area contributed by atoms with Gasteiger partial charge in [-0.15, -0.1) is 0 Å². The van der Waals surface area contributed by atoms with E-state index in [-0.39, 0.29) is 23.3 Å². The highest BCUT2D eigenvalue weighted by atomic mass is 16.6. The molecule has 0 radical (unpaired) electrons. The smallest absolute Gasteiger partial charge is 0.410 e. The fourth-order valence-electron chi connectivity index (χ4n) is 3.33. The van der Waals surface area contributed by atoms with Crippen LogP contribution in [0.2, 0.25) is 0 Å². The van der Waals surface area contributed by atoms with Crippen molar-refractivity contribution in [1.82, 2.24) is 9.88 Å². The second-order valence-electron chi connectivity index (χ2n) is 8.42. The molecule has 2 heterocycles. The zero-order valence-electron chi connectivity index (χ0n) is 17.8. The zero-order valence-corrected chi connectivity index (χ0v) is 17.8. The molecular formula is C22H26N4O5. The first-order valence-electron chi connectivity index (χ1n) is 10.1. The van der Waals surface area contributed by atoms with Crippen LogP contribution in [0.15, 0.2) is 42.5 Å². The van der Waals surface area contributed by atoms with Crippen LogP contribution < -0.4 is 5.32 Å². The minimum atomic E-state index is -0.584. The van der Waals surface area contributed by atoms with E-state index in [1.807, 2.05) is 30.3 Å². The average Bonchev–Trinajstić information content (AvgIpc) is 2.73. The summed E-state index contributed by atoms with van der Waals surface area (Å²) in [7, 11) is 0. The second-order valence-corrected chi connectivity index (χ2v) is 8.42. The number of rotatable bonds is 4. The molecule has 0 spiro atoms. The highest BCUT2D eigenvalue weighted by Gasteiger charge is 2.31. The molecule has 1 fully saturated rings. The molecule has 1 aromatic carbocycles. The molecule has 0 saturated carbocycles. The van der Waals surface area contributed by atoms with Crippen LogP contribution in [0.25, 0.3) is 11.3 Å². The van der Waals surface area contributed by atoms with Crippen LogP contribution in [0.1, 0.15) is 33.6 Å². The van der Waals surface area contributed by atoms with Crippen LogP contribution in [0.5, 0.6) is 0 Å². The van der Waals surface area contributed by atoms with E-state index in [0.29, 0.717) is 31.6 Å². The molecule has 164 valence electrons. The van der Waals surface area contributed by atoms with Crippen LogP contribution in [0, 0.1) is 16.0 Å². The summed E-state index contributed by atoms with van der Waals surface area (Å²) >= 11 is 0. The molecule has 1 N–H and O–H groups in total. The molecule has 0 atom stereocenters. The summed E-state index contributed by atoms with van der Waals surface area (Å²) in [5.41, 5.74) is 0.471. The van der Waals surface area contributed by atoms with Crippen LogP contribution in [-0.2, 0) is 9.53 Å². The first kappa shape index (κ1) is 22.2. The Kier molecular flexibility index (Phi) is 6.53. The third-order valence-corrected chi connectivity index (χ3v) is 4.90. The molecule has 1 saturated heterocycles. The molecular weight excluding hydrogens is 400 g/mol. The van der Waals surface area contributed by atoms with Crippen molar-refractivity contribution in [3.63, 3.8) is 0 Å². The van der Waals surface area contributed by atoms with Gasteiger partial charge in [0, 0.05) is 30.6 Å². The summed E-state index contributed by atoms with van der Waals surface area (Å²) < 4.78 is 5.37. The number of carbonyl (C=O) groups is 2. The molecule has 31 heavy (non-hydrogen) atoms. The van der Waals surface area contributed by atoms with Gasteiger partial charge in [0.2, 0.25) is 11.7 Å². The highest BCUT2D eigenvalue weighted by molar-refractivity contribution is 5.94. The van der Waals surface area contributed by atoms with Crippen molar-refractivity contribution in [2.24, 2.45) is 5.92 Å². The number of ether oxygens (including phenoxy) is 1. The first-order chi connectivity index (χ1) is 14.6. The number of piperidine rings is 1. The van der Waals surface area contributed by atoms with Crippen LogP contribution in [-0.4, -0.2) is 45.5 Å². The number of anilines is 1. The Morgan fingerprint density at radius 1 is 1.13 bits per heavy atom. The van der Waals surface area contributed by atoms with Gasteiger partial charge in [-0.3, -0.25) is 14.9 Å². The first-order valence-corrected chi connectivity index (χ1v) is 10.1. The molecule has 1 aliphatic heterocycles. The average molecular weight is 426 g/mol. The van der Waals surface area contributed by atoms with Crippen LogP contribution in [0.3, 0.4) is 0 Å². The van der Waals surface area contributed by atoms with Gasteiger partial charge in [0.15, 0.2) is 0 Å². The van der Waals surface area contributed by atoms with Crippen molar-refractivity contribution in [3.8, 4) is 11.3 Å². The van der Waals surface area contributed by atoms with Crippen molar-refractivity contribution in [2.75, 3.05) is 18.4 Å². The Hall–Kier alpha value is -3.49. The Labute approximate surface area is 180 Å². The Balaban J connectivity index is 1.69. The van der Waals surface area contributed by atoms with E-state index < -0.39 is 16.6 Å². The van der Waals surface area contributed by atoms with E-state index in [1.165, 1.54) is 6.07 Å². The minimum absolute atomic E-state index is 0.0778. The Bertz CT molecular complexity index is 964. The number of nitro groups is 1. The molecule has 0 unspecified atom stereocenters. The van der Waals surface area contributed by atoms with Gasteiger partial charge < -0.3 is 15.0 Å². The van der Waals surface area contributed by atoms with E-state index in [2.05, 4.69) is 10.3 Å². The predicted octanol–water partition coefficient (Wildman–Crippen LogP) is 4.24. The Morgan fingerprint density at radius 3 is 2.35 bits per heavy atom. The van der Waals surface area contributed by atoms with Crippen molar-refractivity contribution in [3.05, 3.63) is 52.6 Å². The number of likely N-dealkylation sites (tertiary alicyclic amines) is 1. The number of hydrogen-bond donors (Lipinski definition) is 1. The van der Waals surface area contributed by atoms with Crippen LogP contribution in [0.4, 0.5) is 16.3 Å². The summed E-state index contributed by atoms with van der Waals surface area (Å²) in [5, 5.41) is 14.0. The molecule has 3 rings (SSSR count). The third-order valence-electron chi connectivity index (χ3n) is 4.90. The number of benzene rings is 1. The number of nitrogens with one attached hydrogen (secondary N) is 1. The number of pyridine rings is 1. The van der Waals surface area contributed by atoms with E-state index >= 15 is 0 Å². The number of aromatic nitrogens is 1. The molecule has 0 bridgehead atoms. The van der Waals surface area contributed by atoms with Gasteiger partial charge in [0.1, 0.15) is 5.60 Å². The topological polar surface area (TPSA) is 115 Å². The molecule has 9 nitrogen and oxygen atoms in total. The van der Waals surface area contributed by atoms with E-state index in [0.717, 1.165) is 5.56 Å². The van der Waals surface area contributed by atoms with Gasteiger partial charge in [0.25, 0.3) is 0 Å². The molecule has 9 heteroatoms. The van der Waals surface area contributed by atoms with Gasteiger partial charge in [0.05, 0.1) is 10.6 Å². The predicted molar refractivity (Wildman–Crippen MR) is 115 cm³/mol. The summed E-state index contributed by atoms with van der Waals surface area (Å²) in [6, 6.07) is 12.1. The summed E-state index contributed by atoms with van der Waals surface area (Å²) in [6.07, 6.45) is 0.480. The van der Waals surface area contributed by atoms with Crippen LogP contribution >= 0.6 is 0 Å². The van der Waals surface area contributed by atoms with Gasteiger partial charge in [-0.1, -0.05) is 30.3 Å². The maximum absolute atomic E-state index is 12.8. The van der Waals surface area contributed by atoms with Gasteiger partial charge >= 0.3 is 11.8 Å². The van der Waals surface area contributed by atoms with Gasteiger partial charge in [-0.05, 0) is 39.7 Å². The van der Waals surface area contributed by atoms with Crippen molar-refractivity contribution < 1.29 is 19.2 Å². The van der Waals surface area contributed by atoms with Crippen molar-refractivity contribution >= 4 is 23.5 Å². The number of hydrogen-bond acceptors (Lipinski definition) is 6. The molecule has 2 aromatic rings. The number of amides is 2. The Morgan fingerprint density at radius 2 is 1.77 bits per heavy atom. The standard InChI is InChI=1S/C22H26N4O5/c1-22(2,3)31-21(28)25-13-11-16(12-14-25)20(27)24-19-18(26(29)30)10-9-17(23-19)15-7-5-4-6-8-15/h4-10,16H,11-14H2,1-3H3,(H,23,24,27). The SMILES string of the molecule is CC(C)(C)OC(=O)N1CCC(C(=O)Nc2nc(-c3ccccc3)ccc2[N+](=O)[O-])CC1. The van der Waals surface area contributed by atoms with Crippen molar-refractivity contribution in [1.29, 1.82) is 0 Å². The number of nitrogens with zero attached hydrogens (tertiary/aromatic N) is 3. The van der Waals surface area contributed by atoms with E-state index in [1.54, 1.807) is 31.7 Å². The lowest BCUT2D eigenvalue weighted by molar-refractivity contribution is -0.384. The second kappa shape index (κ2) is 9.11. The lowest BCUT2D eigenvalue weighted by Crippen LogP contribution is -2.43. The monoisotopic (exact) mass is 426 g/mol. The zero-order chi connectivity index (χ0) is 22.6. The minimum Gasteiger partial charge on any atom is -0.444 e. The lowest BCUT2D eigenvalue weighted by atomic mass is 9.96. The number of carbonyl (C=O) groups excluding carboxylic acids is 2. The summed E-state index contributed by atoms with van der Waals surface area (Å²) in [4.78, 5) is 41.7. The van der Waals surface area contributed by atoms with Gasteiger partial charge in [-0.2, -0.15) is 0 Å². The van der Waals surface area contributed by atoms with Crippen molar-refractivity contribution in [2.45, 2.75) is 39.2 Å². The third kappa shape index (κ3) is 5.78. The lowest BCUT2D eigenvalue weighted by Gasteiger charge is -2.32. The maximum Gasteiger partial charge on any atom is 0.410 e. The fourth-order valence-corrected chi connectivity index (χ4v) is 3.33. The molecule has 1 aliphatic rings. The quantitative estimate of drug-likeness (QED) is 0.578. The fraction of sp³-hybridized carbons (Fsp3) is 0.409. The van der Waals surface area contributed by atoms with E-state index in [4.69, 9.17) is 4.74 Å². The molecule has 2 amide bonds. The molecule has 1 aromatic heterocycles. The normalized spacial score (nSPS) is 14.7. The summed E-state index contributed by atoms with van der Waals surface area (Å²) in [5.74, 6) is -0.795. The largest absolute Gasteiger partial charge is 0.444 e. The maximum atomic E-state index is 12.8. The highest BCUT2D eigenvalue weighted by Crippen LogP contribution is 2.28.